The van der Waals surface area contributed by atoms with Crippen LogP contribution in [0.3, 0.4) is 0 Å². The molecule has 0 spiro atoms. The van der Waals surface area contributed by atoms with Crippen LogP contribution in [0.1, 0.15) is 50.0 Å². The van der Waals surface area contributed by atoms with Crippen molar-refractivity contribution in [2.24, 2.45) is 0 Å². The number of ether oxygens (including phenoxy) is 1. The topological polar surface area (TPSA) is 41.5 Å². The molecule has 1 aromatic carbocycles. The zero-order valence-corrected chi connectivity index (χ0v) is 12.8. The Labute approximate surface area is 127 Å². The first-order valence-corrected chi connectivity index (χ1v) is 8.34. The van der Waals surface area contributed by atoms with Gasteiger partial charge in [0.25, 0.3) is 0 Å². The highest BCUT2D eigenvalue weighted by molar-refractivity contribution is 5.20. The molecule has 3 rings (SSSR count). The molecule has 2 fully saturated rings. The lowest BCUT2D eigenvalue weighted by Crippen LogP contribution is -2.48. The third-order valence-corrected chi connectivity index (χ3v) is 5.14. The molecule has 1 saturated carbocycles. The molecule has 2 N–H and O–H groups in total. The molecule has 3 nitrogen and oxygen atoms in total. The monoisotopic (exact) mass is 289 g/mol. The quantitative estimate of drug-likeness (QED) is 0.895. The number of hydrogen-bond acceptors (Lipinski definition) is 3. The van der Waals surface area contributed by atoms with Crippen molar-refractivity contribution in [3.05, 3.63) is 35.9 Å². The normalized spacial score (nSPS) is 29.2. The molecular formula is C18H27NO2. The van der Waals surface area contributed by atoms with Crippen molar-refractivity contribution < 1.29 is 9.84 Å². The van der Waals surface area contributed by atoms with Crippen LogP contribution in [-0.4, -0.2) is 36.5 Å². The van der Waals surface area contributed by atoms with E-state index in [1.165, 1.54) is 31.2 Å². The average molecular weight is 289 g/mol. The van der Waals surface area contributed by atoms with E-state index in [0.717, 1.165) is 25.3 Å². The van der Waals surface area contributed by atoms with Gasteiger partial charge in [0.05, 0.1) is 5.60 Å². The molecule has 2 aliphatic rings. The van der Waals surface area contributed by atoms with Gasteiger partial charge in [0.1, 0.15) is 0 Å². The minimum absolute atomic E-state index is 0.547. The van der Waals surface area contributed by atoms with Crippen LogP contribution in [0.4, 0.5) is 0 Å². The van der Waals surface area contributed by atoms with Gasteiger partial charge in [-0.3, -0.25) is 0 Å². The van der Waals surface area contributed by atoms with Crippen LogP contribution < -0.4 is 5.32 Å². The third-order valence-electron chi connectivity index (χ3n) is 5.14. The summed E-state index contributed by atoms with van der Waals surface area (Å²) in [4.78, 5) is 0. The van der Waals surface area contributed by atoms with Crippen molar-refractivity contribution in [3.63, 3.8) is 0 Å². The Morgan fingerprint density at radius 2 is 1.71 bits per heavy atom. The van der Waals surface area contributed by atoms with Gasteiger partial charge in [-0.2, -0.15) is 0 Å². The molecule has 0 bridgehead atoms. The Morgan fingerprint density at radius 3 is 2.38 bits per heavy atom. The summed E-state index contributed by atoms with van der Waals surface area (Å²) in [5.41, 5.74) is 0.938. The van der Waals surface area contributed by atoms with E-state index in [4.69, 9.17) is 4.74 Å². The minimum atomic E-state index is -0.547. The summed E-state index contributed by atoms with van der Waals surface area (Å²) < 4.78 is 5.33. The van der Waals surface area contributed by atoms with E-state index < -0.39 is 5.60 Å². The van der Waals surface area contributed by atoms with Crippen molar-refractivity contribution in [3.8, 4) is 0 Å². The van der Waals surface area contributed by atoms with Gasteiger partial charge in [-0.05, 0) is 37.2 Å². The van der Waals surface area contributed by atoms with Gasteiger partial charge in [-0.1, -0.05) is 30.3 Å². The average Bonchev–Trinajstić information content (AvgIpc) is 2.55. The third kappa shape index (κ3) is 4.06. The number of hydrogen-bond donors (Lipinski definition) is 2. The fourth-order valence-electron chi connectivity index (χ4n) is 3.62. The van der Waals surface area contributed by atoms with Crippen molar-refractivity contribution in [2.45, 2.75) is 56.1 Å². The fourth-order valence-corrected chi connectivity index (χ4v) is 3.62. The van der Waals surface area contributed by atoms with E-state index in [1.807, 2.05) is 0 Å². The molecule has 116 valence electrons. The van der Waals surface area contributed by atoms with E-state index in [-0.39, 0.29) is 0 Å². The summed E-state index contributed by atoms with van der Waals surface area (Å²) in [6.07, 6.45) is 6.46. The highest BCUT2D eigenvalue weighted by atomic mass is 16.5. The maximum absolute atomic E-state index is 10.5. The molecule has 0 radical (unpaired) electrons. The summed E-state index contributed by atoms with van der Waals surface area (Å²) in [6, 6.07) is 11.4. The lowest BCUT2D eigenvalue weighted by molar-refractivity contribution is -0.0632. The van der Waals surface area contributed by atoms with Crippen LogP contribution in [0, 0.1) is 0 Å². The van der Waals surface area contributed by atoms with Crippen LogP contribution in [0.5, 0.6) is 0 Å². The fraction of sp³-hybridized carbons (Fsp3) is 0.667. The molecule has 21 heavy (non-hydrogen) atoms. The van der Waals surface area contributed by atoms with Gasteiger partial charge in [-0.15, -0.1) is 0 Å². The highest BCUT2D eigenvalue weighted by Gasteiger charge is 2.31. The van der Waals surface area contributed by atoms with Crippen molar-refractivity contribution in [1.29, 1.82) is 0 Å². The Morgan fingerprint density at radius 1 is 1.05 bits per heavy atom. The Bertz CT molecular complexity index is 420. The van der Waals surface area contributed by atoms with Crippen LogP contribution in [0.25, 0.3) is 0 Å². The zero-order valence-electron chi connectivity index (χ0n) is 12.8. The first-order valence-electron chi connectivity index (χ1n) is 8.34. The summed E-state index contributed by atoms with van der Waals surface area (Å²) >= 11 is 0. The Hall–Kier alpha value is -0.900. The summed E-state index contributed by atoms with van der Waals surface area (Å²) in [5, 5.41) is 14.1. The molecular weight excluding hydrogens is 262 g/mol. The smallest absolute Gasteiger partial charge is 0.0815 e. The predicted molar refractivity (Wildman–Crippen MR) is 84.4 cm³/mol. The van der Waals surface area contributed by atoms with E-state index in [1.54, 1.807) is 0 Å². The number of nitrogens with one attached hydrogen (secondary N) is 1. The molecule has 0 amide bonds. The van der Waals surface area contributed by atoms with Crippen molar-refractivity contribution >= 4 is 0 Å². The molecule has 0 unspecified atom stereocenters. The van der Waals surface area contributed by atoms with E-state index in [2.05, 4.69) is 35.6 Å². The number of aliphatic hydroxyl groups is 1. The zero-order chi connectivity index (χ0) is 14.5. The lowest BCUT2D eigenvalue weighted by Gasteiger charge is -2.36. The maximum Gasteiger partial charge on any atom is 0.0815 e. The number of rotatable bonds is 4. The van der Waals surface area contributed by atoms with Gasteiger partial charge in [0.15, 0.2) is 0 Å². The van der Waals surface area contributed by atoms with Gasteiger partial charge in [-0.25, -0.2) is 0 Å². The van der Waals surface area contributed by atoms with Gasteiger partial charge in [0.2, 0.25) is 0 Å². The predicted octanol–water partition coefficient (Wildman–Crippen LogP) is 2.84. The SMILES string of the molecule is OC1(CNC2CCC(c3ccccc3)CC2)CCOCC1. The second-order valence-corrected chi connectivity index (χ2v) is 6.68. The van der Waals surface area contributed by atoms with Crippen LogP contribution >= 0.6 is 0 Å². The van der Waals surface area contributed by atoms with Crippen LogP contribution in [-0.2, 0) is 4.74 Å². The molecule has 0 aromatic heterocycles. The van der Waals surface area contributed by atoms with Gasteiger partial charge < -0.3 is 15.2 Å². The van der Waals surface area contributed by atoms with E-state index >= 15 is 0 Å². The Balaban J connectivity index is 1.43. The number of benzene rings is 1. The first-order chi connectivity index (χ1) is 10.3. The van der Waals surface area contributed by atoms with Crippen molar-refractivity contribution in [1.82, 2.24) is 5.32 Å². The summed E-state index contributed by atoms with van der Waals surface area (Å²) in [5.74, 6) is 0.718. The second kappa shape index (κ2) is 6.91. The van der Waals surface area contributed by atoms with E-state index in [9.17, 15) is 5.11 Å². The summed E-state index contributed by atoms with van der Waals surface area (Å²) in [6.45, 7) is 2.11. The van der Waals surface area contributed by atoms with Crippen molar-refractivity contribution in [2.75, 3.05) is 19.8 Å². The van der Waals surface area contributed by atoms with Gasteiger partial charge >= 0.3 is 0 Å². The first kappa shape index (κ1) is 15.0. The minimum Gasteiger partial charge on any atom is -0.388 e. The lowest BCUT2D eigenvalue weighted by atomic mass is 9.81. The molecule has 1 aliphatic carbocycles. The maximum atomic E-state index is 10.5. The molecule has 3 heteroatoms. The molecule has 0 atom stereocenters. The van der Waals surface area contributed by atoms with Crippen LogP contribution in [0.2, 0.25) is 0 Å². The molecule has 1 heterocycles. The highest BCUT2D eigenvalue weighted by Crippen LogP contribution is 2.33. The summed E-state index contributed by atoms with van der Waals surface area (Å²) in [7, 11) is 0. The largest absolute Gasteiger partial charge is 0.388 e. The van der Waals surface area contributed by atoms with Gasteiger partial charge in [0, 0.05) is 38.6 Å². The Kier molecular flexibility index (Phi) is 4.94. The second-order valence-electron chi connectivity index (χ2n) is 6.68. The molecule has 1 aliphatic heterocycles. The standard InChI is InChI=1S/C18H27NO2/c20-18(10-12-21-13-11-18)14-19-17-8-6-16(7-9-17)15-4-2-1-3-5-15/h1-5,16-17,19-20H,6-14H2. The van der Waals surface area contributed by atoms with Crippen LogP contribution in [0.15, 0.2) is 30.3 Å². The molecule has 1 saturated heterocycles. The van der Waals surface area contributed by atoms with E-state index in [0.29, 0.717) is 19.3 Å². The molecule has 1 aromatic rings.